The van der Waals surface area contributed by atoms with Crippen molar-refractivity contribution < 1.29 is 27.5 Å². The second-order valence-corrected chi connectivity index (χ2v) is 9.58. The van der Waals surface area contributed by atoms with E-state index >= 15 is 0 Å². The number of thiazole rings is 1. The normalized spacial score (nSPS) is 18.5. The number of aldehydes is 1. The number of aromatic nitrogens is 1. The van der Waals surface area contributed by atoms with Crippen LogP contribution in [0.4, 0.5) is 13.2 Å². The lowest BCUT2D eigenvalue weighted by atomic mass is 10.1. The third-order valence-corrected chi connectivity index (χ3v) is 6.46. The zero-order valence-corrected chi connectivity index (χ0v) is 22.8. The quantitative estimate of drug-likeness (QED) is 0.366. The van der Waals surface area contributed by atoms with Gasteiger partial charge in [-0.05, 0) is 32.2 Å². The molecule has 1 saturated heterocycles. The number of nitrogens with zero attached hydrogens (tertiary/aromatic N) is 3. The Morgan fingerprint density at radius 2 is 2.16 bits per heavy atom. The summed E-state index contributed by atoms with van der Waals surface area (Å²) in [5.74, 6) is -3.11. The first kappa shape index (κ1) is 30.6. The molecule has 13 heteroatoms. The van der Waals surface area contributed by atoms with Gasteiger partial charge in [-0.3, -0.25) is 9.89 Å². The monoisotopic (exact) mass is 603 g/mol. The molecule has 0 saturated carbocycles. The van der Waals surface area contributed by atoms with Crippen LogP contribution in [0, 0.1) is 5.82 Å². The SMILES string of the molecule is CCOC(=O)C1=C(CN2CC(F)(F)CC2CC=O)NC(c2nccs2)=NC1.CN.Fc1cccc(Br)c1. The van der Waals surface area contributed by atoms with E-state index in [0.29, 0.717) is 28.4 Å². The fourth-order valence-corrected chi connectivity index (χ4v) is 4.64. The first-order valence-corrected chi connectivity index (χ1v) is 13.0. The Morgan fingerprint density at radius 3 is 2.73 bits per heavy atom. The lowest BCUT2D eigenvalue weighted by Crippen LogP contribution is -2.41. The second-order valence-electron chi connectivity index (χ2n) is 7.77. The zero-order chi connectivity index (χ0) is 27.4. The van der Waals surface area contributed by atoms with Crippen LogP contribution in [0.15, 0.2) is 56.6 Å². The van der Waals surface area contributed by atoms with Gasteiger partial charge in [0.25, 0.3) is 5.92 Å². The van der Waals surface area contributed by atoms with E-state index in [4.69, 9.17) is 4.74 Å². The van der Waals surface area contributed by atoms with Crippen LogP contribution in [0.25, 0.3) is 0 Å². The molecule has 0 radical (unpaired) electrons. The van der Waals surface area contributed by atoms with Crippen LogP contribution >= 0.6 is 27.3 Å². The lowest BCUT2D eigenvalue weighted by Gasteiger charge is -2.27. The van der Waals surface area contributed by atoms with E-state index in [-0.39, 0.29) is 38.4 Å². The summed E-state index contributed by atoms with van der Waals surface area (Å²) in [4.78, 5) is 33.2. The number of ether oxygens (including phenoxy) is 1. The summed E-state index contributed by atoms with van der Waals surface area (Å²) in [6, 6.07) is 5.69. The number of alkyl halides is 2. The highest BCUT2D eigenvalue weighted by atomic mass is 79.9. The number of nitrogens with one attached hydrogen (secondary N) is 1. The van der Waals surface area contributed by atoms with Crippen molar-refractivity contribution in [3.05, 3.63) is 62.4 Å². The Balaban J connectivity index is 0.000000406. The molecule has 2 aliphatic rings. The van der Waals surface area contributed by atoms with Crippen LogP contribution in [0.5, 0.6) is 0 Å². The summed E-state index contributed by atoms with van der Waals surface area (Å²) in [5.41, 5.74) is 5.26. The van der Waals surface area contributed by atoms with Crippen molar-refractivity contribution in [2.75, 3.05) is 33.3 Å². The number of rotatable bonds is 7. The minimum absolute atomic E-state index is 0.0189. The number of carbonyl (C=O) groups is 2. The largest absolute Gasteiger partial charge is 0.463 e. The van der Waals surface area contributed by atoms with Crippen LogP contribution in [0.3, 0.4) is 0 Å². The molecule has 0 aliphatic carbocycles. The van der Waals surface area contributed by atoms with Crippen molar-refractivity contribution >= 4 is 45.4 Å². The van der Waals surface area contributed by atoms with Crippen LogP contribution < -0.4 is 11.1 Å². The predicted molar refractivity (Wildman–Crippen MR) is 140 cm³/mol. The van der Waals surface area contributed by atoms with Gasteiger partial charge in [0, 0.05) is 47.2 Å². The van der Waals surface area contributed by atoms with Crippen molar-refractivity contribution in [1.82, 2.24) is 15.2 Å². The Labute approximate surface area is 225 Å². The number of benzene rings is 1. The molecule has 1 fully saturated rings. The molecule has 2 aromatic rings. The minimum Gasteiger partial charge on any atom is -0.463 e. The standard InChI is InChI=1S/C17H20F2N4O3S.C6H4BrF.CH5N/c1-2-26-16(25)12-8-21-14(15-20-4-6-27-15)22-13(12)9-23-10-17(18,19)7-11(23)3-5-24;7-5-2-1-3-6(8)4-5;1-2/h4-6,11H,2-3,7-10H2,1H3,(H,21,22);1-4H;2H2,1H3. The third-order valence-electron chi connectivity index (χ3n) is 5.19. The van der Waals surface area contributed by atoms with Crippen molar-refractivity contribution in [3.8, 4) is 0 Å². The topological polar surface area (TPSA) is 110 Å². The van der Waals surface area contributed by atoms with Gasteiger partial charge in [0.05, 0.1) is 25.3 Å². The molecule has 1 unspecified atom stereocenters. The van der Waals surface area contributed by atoms with E-state index in [9.17, 15) is 22.8 Å². The van der Waals surface area contributed by atoms with Gasteiger partial charge in [0.1, 0.15) is 12.1 Å². The van der Waals surface area contributed by atoms with E-state index in [1.807, 2.05) is 0 Å². The average Bonchev–Trinajstić information content (AvgIpc) is 3.49. The summed E-state index contributed by atoms with van der Waals surface area (Å²) in [7, 11) is 1.50. The van der Waals surface area contributed by atoms with E-state index in [0.717, 1.165) is 4.47 Å². The Kier molecular flexibility index (Phi) is 12.4. The lowest BCUT2D eigenvalue weighted by molar-refractivity contribution is -0.138. The molecule has 0 spiro atoms. The molecule has 37 heavy (non-hydrogen) atoms. The summed E-state index contributed by atoms with van der Waals surface area (Å²) in [6.45, 7) is 1.59. The van der Waals surface area contributed by atoms with Crippen LogP contribution in [-0.4, -0.2) is 73.2 Å². The van der Waals surface area contributed by atoms with Crippen molar-refractivity contribution in [2.24, 2.45) is 10.7 Å². The molecule has 8 nitrogen and oxygen atoms in total. The highest BCUT2D eigenvalue weighted by molar-refractivity contribution is 9.10. The molecular weight excluding hydrogens is 575 g/mol. The molecule has 3 N–H and O–H groups in total. The molecule has 1 aromatic carbocycles. The fraction of sp³-hybridized carbons (Fsp3) is 0.417. The maximum atomic E-state index is 13.9. The number of hydrogen-bond donors (Lipinski definition) is 2. The van der Waals surface area contributed by atoms with E-state index in [1.165, 1.54) is 35.4 Å². The van der Waals surface area contributed by atoms with Gasteiger partial charge >= 0.3 is 5.97 Å². The molecular formula is C24H29BrF3N5O3S. The Morgan fingerprint density at radius 1 is 1.41 bits per heavy atom. The van der Waals surface area contributed by atoms with E-state index in [2.05, 4.69) is 37.0 Å². The number of carbonyl (C=O) groups excluding carboxylic acids is 2. The van der Waals surface area contributed by atoms with Gasteiger partial charge in [-0.2, -0.15) is 0 Å². The van der Waals surface area contributed by atoms with Crippen molar-refractivity contribution in [3.63, 3.8) is 0 Å². The third kappa shape index (κ3) is 9.33. The summed E-state index contributed by atoms with van der Waals surface area (Å²) < 4.78 is 45.8. The van der Waals surface area contributed by atoms with Crippen molar-refractivity contribution in [2.45, 2.75) is 31.7 Å². The molecule has 3 heterocycles. The molecule has 4 rings (SSSR count). The highest BCUT2D eigenvalue weighted by Crippen LogP contribution is 2.34. The molecule has 2 aliphatic heterocycles. The van der Waals surface area contributed by atoms with E-state index in [1.54, 1.807) is 30.6 Å². The number of likely N-dealkylation sites (tertiary alicyclic amines) is 1. The van der Waals surface area contributed by atoms with Gasteiger partial charge in [-0.25, -0.2) is 22.9 Å². The van der Waals surface area contributed by atoms with Crippen LogP contribution in [0.1, 0.15) is 24.8 Å². The number of nitrogens with two attached hydrogens (primary N) is 1. The van der Waals surface area contributed by atoms with Gasteiger partial charge < -0.3 is 20.6 Å². The second kappa shape index (κ2) is 15.0. The number of esters is 1. The summed E-state index contributed by atoms with van der Waals surface area (Å²) in [6.07, 6.45) is 1.93. The molecule has 202 valence electrons. The maximum absolute atomic E-state index is 13.9. The number of amidine groups is 1. The van der Waals surface area contributed by atoms with Gasteiger partial charge in [-0.1, -0.05) is 22.0 Å². The summed E-state index contributed by atoms with van der Waals surface area (Å²) >= 11 is 4.50. The van der Waals surface area contributed by atoms with Crippen molar-refractivity contribution in [1.29, 1.82) is 0 Å². The van der Waals surface area contributed by atoms with Gasteiger partial charge in [0.2, 0.25) is 0 Å². The molecule has 1 atom stereocenters. The van der Waals surface area contributed by atoms with E-state index < -0.39 is 24.5 Å². The summed E-state index contributed by atoms with van der Waals surface area (Å²) in [5, 5.41) is 5.51. The first-order valence-electron chi connectivity index (χ1n) is 11.4. The maximum Gasteiger partial charge on any atom is 0.337 e. The number of halogens is 4. The average molecular weight is 604 g/mol. The number of aliphatic imine (C=N–C) groups is 1. The van der Waals surface area contributed by atoms with Gasteiger partial charge in [-0.15, -0.1) is 11.3 Å². The predicted octanol–water partition coefficient (Wildman–Crippen LogP) is 3.77. The van der Waals surface area contributed by atoms with Gasteiger partial charge in [0.15, 0.2) is 10.8 Å². The number of hydrogen-bond acceptors (Lipinski definition) is 9. The highest BCUT2D eigenvalue weighted by Gasteiger charge is 2.45. The smallest absolute Gasteiger partial charge is 0.337 e. The van der Waals surface area contributed by atoms with Crippen LogP contribution in [-0.2, 0) is 14.3 Å². The fourth-order valence-electron chi connectivity index (χ4n) is 3.67. The molecule has 0 amide bonds. The molecule has 0 bridgehead atoms. The first-order chi connectivity index (χ1) is 17.7. The Bertz CT molecular complexity index is 1080. The zero-order valence-electron chi connectivity index (χ0n) is 20.4. The molecule has 1 aromatic heterocycles. The van der Waals surface area contributed by atoms with Crippen LogP contribution in [0.2, 0.25) is 0 Å². The minimum atomic E-state index is -2.86. The Hall–Kier alpha value is -2.61.